The van der Waals surface area contributed by atoms with Crippen molar-refractivity contribution in [1.29, 1.82) is 0 Å². The summed E-state index contributed by atoms with van der Waals surface area (Å²) in [7, 11) is 0. The van der Waals surface area contributed by atoms with Crippen molar-refractivity contribution in [1.82, 2.24) is 34.4 Å². The summed E-state index contributed by atoms with van der Waals surface area (Å²) < 4.78 is 55.9. The van der Waals surface area contributed by atoms with Crippen LogP contribution in [0.5, 0.6) is 0 Å². The molecule has 5 rings (SSSR count). The highest BCUT2D eigenvalue weighted by molar-refractivity contribution is 6.30. The molecule has 1 saturated carbocycles. The number of aliphatic hydroxyl groups excluding tert-OH is 1. The molecule has 4 aromatic rings. The number of aromatic nitrogens is 6. The van der Waals surface area contributed by atoms with E-state index in [9.17, 15) is 32.3 Å². The van der Waals surface area contributed by atoms with Crippen molar-refractivity contribution in [2.75, 3.05) is 0 Å². The molecule has 39 heavy (non-hydrogen) atoms. The number of benzene rings is 2. The highest BCUT2D eigenvalue weighted by atomic mass is 35.5. The monoisotopic (exact) mass is 565 g/mol. The van der Waals surface area contributed by atoms with Gasteiger partial charge in [0.1, 0.15) is 12.4 Å². The molecule has 1 aliphatic carbocycles. The van der Waals surface area contributed by atoms with Crippen LogP contribution in [0.1, 0.15) is 29.3 Å². The number of rotatable bonds is 8. The van der Waals surface area contributed by atoms with Gasteiger partial charge in [0.2, 0.25) is 5.82 Å². The molecule has 0 aliphatic heterocycles. The molecule has 0 spiro atoms. The van der Waals surface area contributed by atoms with E-state index in [4.69, 9.17) is 11.6 Å². The minimum atomic E-state index is -4.98. The zero-order valence-electron chi connectivity index (χ0n) is 19.9. The van der Waals surface area contributed by atoms with Gasteiger partial charge in [-0.25, -0.2) is 23.5 Å². The van der Waals surface area contributed by atoms with Crippen molar-refractivity contribution < 1.29 is 27.5 Å². The maximum absolute atomic E-state index is 13.9. The van der Waals surface area contributed by atoms with Gasteiger partial charge in [0.15, 0.2) is 17.8 Å². The number of halogens is 5. The maximum Gasteiger partial charge on any atom is 0.416 e. The Kier molecular flexibility index (Phi) is 6.99. The van der Waals surface area contributed by atoms with Crippen molar-refractivity contribution in [2.45, 2.75) is 44.3 Å². The van der Waals surface area contributed by atoms with Gasteiger partial charge in [-0.2, -0.15) is 13.2 Å². The average Bonchev–Trinajstić information content (AvgIpc) is 3.51. The quantitative estimate of drug-likeness (QED) is 0.317. The Morgan fingerprint density at radius 3 is 2.51 bits per heavy atom. The first kappa shape index (κ1) is 26.6. The fourth-order valence-corrected chi connectivity index (χ4v) is 3.89. The van der Waals surface area contributed by atoms with Gasteiger partial charge >= 0.3 is 11.9 Å². The largest absolute Gasteiger partial charge is 0.416 e. The third kappa shape index (κ3) is 5.86. The van der Waals surface area contributed by atoms with E-state index in [1.54, 1.807) is 0 Å². The summed E-state index contributed by atoms with van der Waals surface area (Å²) in [5, 5.41) is 21.2. The van der Waals surface area contributed by atoms with Crippen molar-refractivity contribution in [2.24, 2.45) is 0 Å². The lowest BCUT2D eigenvalue weighted by Crippen LogP contribution is -2.37. The minimum Gasteiger partial charge on any atom is -0.382 e. The number of carbonyl (C=O) groups excluding carboxylic acids is 1. The van der Waals surface area contributed by atoms with E-state index < -0.39 is 42.8 Å². The van der Waals surface area contributed by atoms with E-state index in [0.717, 1.165) is 28.3 Å². The summed E-state index contributed by atoms with van der Waals surface area (Å²) in [5.41, 5.74) is -0.510. The van der Waals surface area contributed by atoms with Crippen molar-refractivity contribution in [3.8, 4) is 17.1 Å². The number of hydrogen-bond donors (Lipinski definition) is 2. The van der Waals surface area contributed by atoms with Crippen LogP contribution in [0.25, 0.3) is 17.1 Å². The summed E-state index contributed by atoms with van der Waals surface area (Å²) in [6.45, 7) is -1.54. The van der Waals surface area contributed by atoms with Crippen LogP contribution < -0.4 is 11.0 Å². The summed E-state index contributed by atoms with van der Waals surface area (Å²) in [6.07, 6.45) is -6.21. The lowest BCUT2D eigenvalue weighted by molar-refractivity contribution is -0.207. The van der Waals surface area contributed by atoms with Crippen LogP contribution in [-0.2, 0) is 13.1 Å². The highest BCUT2D eigenvalue weighted by Gasteiger charge is 2.39. The molecule has 1 fully saturated rings. The molecule has 2 aromatic heterocycles. The number of nitrogens with zero attached hydrogens (tertiary/aromatic N) is 6. The molecule has 0 saturated heterocycles. The Morgan fingerprint density at radius 1 is 1.15 bits per heavy atom. The van der Waals surface area contributed by atoms with Gasteiger partial charge in [-0.15, -0.1) is 10.2 Å². The maximum atomic E-state index is 13.9. The number of aliphatic hydroxyl groups is 1. The zero-order valence-corrected chi connectivity index (χ0v) is 20.7. The van der Waals surface area contributed by atoms with Gasteiger partial charge in [-0.05, 0) is 55.3 Å². The van der Waals surface area contributed by atoms with E-state index in [1.807, 2.05) is 0 Å². The summed E-state index contributed by atoms with van der Waals surface area (Å²) in [5.74, 6) is -1.54. The van der Waals surface area contributed by atoms with E-state index >= 15 is 0 Å². The lowest BCUT2D eigenvalue weighted by Gasteiger charge is -2.15. The Hall–Kier alpha value is -4.04. The first-order chi connectivity index (χ1) is 18.5. The van der Waals surface area contributed by atoms with Crippen LogP contribution in [0.15, 0.2) is 53.3 Å². The van der Waals surface area contributed by atoms with Crippen LogP contribution in [-0.4, -0.2) is 58.4 Å². The standard InChI is InChI=1S/C24H20ClF4N7O3/c25-14-6-4-13(5-7-14)20-33-35(23(39)34(20)11-18(37)24(27,28)29)12-19-31-21(22(38)30-16-8-9-16)36(32-19)17-3-1-2-15(26)10-17/h1-7,10,16,18,37H,8-9,11-12H2,(H,30,38). The Bertz CT molecular complexity index is 1580. The molecule has 1 amide bonds. The molecule has 15 heteroatoms. The third-order valence-electron chi connectivity index (χ3n) is 5.87. The molecule has 1 atom stereocenters. The van der Waals surface area contributed by atoms with Crippen molar-refractivity contribution >= 4 is 17.5 Å². The molecular formula is C24H20ClF4N7O3. The molecule has 1 aliphatic rings. The van der Waals surface area contributed by atoms with Crippen LogP contribution in [0.4, 0.5) is 17.6 Å². The Balaban J connectivity index is 1.55. The molecule has 2 N–H and O–H groups in total. The fourth-order valence-electron chi connectivity index (χ4n) is 3.77. The molecular weight excluding hydrogens is 546 g/mol. The molecule has 0 bridgehead atoms. The predicted molar refractivity (Wildman–Crippen MR) is 130 cm³/mol. The number of alkyl halides is 3. The Labute approximate surface area is 222 Å². The average molecular weight is 566 g/mol. The highest BCUT2D eigenvalue weighted by Crippen LogP contribution is 2.24. The predicted octanol–water partition coefficient (Wildman–Crippen LogP) is 2.95. The fraction of sp³-hybridized carbons (Fsp3) is 0.292. The van der Waals surface area contributed by atoms with Crippen molar-refractivity contribution in [3.05, 3.63) is 81.5 Å². The van der Waals surface area contributed by atoms with Crippen LogP contribution in [0, 0.1) is 5.82 Å². The first-order valence-electron chi connectivity index (χ1n) is 11.7. The minimum absolute atomic E-state index is 0.0149. The van der Waals surface area contributed by atoms with Crippen LogP contribution in [0.3, 0.4) is 0 Å². The van der Waals surface area contributed by atoms with E-state index in [-0.39, 0.29) is 34.8 Å². The van der Waals surface area contributed by atoms with Gasteiger partial charge in [0.05, 0.1) is 12.2 Å². The van der Waals surface area contributed by atoms with Gasteiger partial charge in [0, 0.05) is 16.6 Å². The van der Waals surface area contributed by atoms with Gasteiger partial charge in [-0.3, -0.25) is 9.36 Å². The van der Waals surface area contributed by atoms with Crippen LogP contribution in [0.2, 0.25) is 5.02 Å². The second-order valence-corrected chi connectivity index (χ2v) is 9.37. The smallest absolute Gasteiger partial charge is 0.382 e. The third-order valence-corrected chi connectivity index (χ3v) is 6.12. The summed E-state index contributed by atoms with van der Waals surface area (Å²) in [4.78, 5) is 30.2. The van der Waals surface area contributed by atoms with Crippen molar-refractivity contribution in [3.63, 3.8) is 0 Å². The molecule has 204 valence electrons. The molecule has 1 unspecified atom stereocenters. The number of carbonyl (C=O) groups is 1. The van der Waals surface area contributed by atoms with Gasteiger partial charge in [-0.1, -0.05) is 17.7 Å². The number of amides is 1. The van der Waals surface area contributed by atoms with Gasteiger partial charge in [0.25, 0.3) is 5.91 Å². The van der Waals surface area contributed by atoms with E-state index in [1.165, 1.54) is 42.5 Å². The lowest BCUT2D eigenvalue weighted by atomic mass is 10.2. The Morgan fingerprint density at radius 2 is 1.87 bits per heavy atom. The van der Waals surface area contributed by atoms with Gasteiger partial charge < -0.3 is 10.4 Å². The molecule has 2 heterocycles. The topological polar surface area (TPSA) is 120 Å². The zero-order chi connectivity index (χ0) is 27.9. The first-order valence-corrected chi connectivity index (χ1v) is 12.1. The molecule has 0 radical (unpaired) electrons. The summed E-state index contributed by atoms with van der Waals surface area (Å²) in [6, 6.07) is 11.1. The van der Waals surface area contributed by atoms with E-state index in [0.29, 0.717) is 9.59 Å². The second kappa shape index (κ2) is 10.3. The number of hydrogen-bond acceptors (Lipinski definition) is 6. The second-order valence-electron chi connectivity index (χ2n) is 8.93. The van der Waals surface area contributed by atoms with Crippen LogP contribution >= 0.6 is 11.6 Å². The number of nitrogens with one attached hydrogen (secondary N) is 1. The normalized spacial score (nSPS) is 14.4. The molecule has 10 nitrogen and oxygen atoms in total. The SMILES string of the molecule is O=C(NC1CC1)c1nc(Cn2nc(-c3ccc(Cl)cc3)n(CC(O)C(F)(F)F)c2=O)nn1-c1cccc(F)c1. The van der Waals surface area contributed by atoms with E-state index in [2.05, 4.69) is 20.5 Å². The molecule has 2 aromatic carbocycles. The summed E-state index contributed by atoms with van der Waals surface area (Å²) >= 11 is 5.91.